The smallest absolute Gasteiger partial charge is 0.323 e. The van der Waals surface area contributed by atoms with Crippen molar-refractivity contribution >= 4 is 27.8 Å². The Morgan fingerprint density at radius 3 is 2.36 bits per heavy atom. The van der Waals surface area contributed by atoms with Gasteiger partial charge in [0.05, 0.1) is 7.11 Å². The number of ether oxygens (including phenoxy) is 2. The fourth-order valence-corrected chi connectivity index (χ4v) is 2.61. The van der Waals surface area contributed by atoms with E-state index >= 15 is 0 Å². The summed E-state index contributed by atoms with van der Waals surface area (Å²) in [7, 11) is 1.51. The predicted molar refractivity (Wildman–Crippen MR) is 95.7 cm³/mol. The third-order valence-electron chi connectivity index (χ3n) is 3.42. The first-order valence-electron chi connectivity index (χ1n) is 7.50. The number of methoxy groups -OCH3 is 1. The Morgan fingerprint density at radius 1 is 1.08 bits per heavy atom. The van der Waals surface area contributed by atoms with Gasteiger partial charge >= 0.3 is 5.97 Å². The molecule has 1 N–H and O–H groups in total. The topological polar surface area (TPSA) is 76.1 Å². The lowest BCUT2D eigenvalue weighted by Gasteiger charge is -2.22. The fraction of sp³-hybridized carbons (Fsp3) is 0.222. The van der Waals surface area contributed by atoms with Crippen LogP contribution < -0.4 is 9.47 Å². The van der Waals surface area contributed by atoms with Crippen molar-refractivity contribution in [2.45, 2.75) is 6.54 Å². The number of carbonyl (C=O) groups excluding carboxylic acids is 1. The molecule has 0 saturated carbocycles. The van der Waals surface area contributed by atoms with Crippen molar-refractivity contribution in [1.29, 1.82) is 0 Å². The maximum absolute atomic E-state index is 12.4. The Morgan fingerprint density at radius 2 is 1.72 bits per heavy atom. The van der Waals surface area contributed by atoms with Gasteiger partial charge in [-0.2, -0.15) is 0 Å². The molecule has 2 aromatic carbocycles. The standard InChI is InChI=1S/C18H18BrNO5/c1-24-15-8-4-5-9-16(15)25-12-17(21)20(11-18(22)23)10-13-6-2-3-7-14(13)19/h2-9H,10-12H2,1H3,(H,22,23). The van der Waals surface area contributed by atoms with Crippen molar-refractivity contribution in [3.63, 3.8) is 0 Å². The molecule has 0 unspecified atom stereocenters. The Kier molecular flexibility index (Phi) is 6.82. The molecule has 0 saturated heterocycles. The molecule has 0 aliphatic heterocycles. The molecule has 7 heteroatoms. The number of aliphatic carboxylic acids is 1. The van der Waals surface area contributed by atoms with Crippen LogP contribution in [-0.2, 0) is 16.1 Å². The summed E-state index contributed by atoms with van der Waals surface area (Å²) in [5.74, 6) is -0.581. The molecule has 0 fully saturated rings. The average molecular weight is 408 g/mol. The lowest BCUT2D eigenvalue weighted by Crippen LogP contribution is -2.38. The molecule has 2 aromatic rings. The predicted octanol–water partition coefficient (Wildman–Crippen LogP) is 2.95. The van der Waals surface area contributed by atoms with Crippen molar-refractivity contribution in [2.75, 3.05) is 20.3 Å². The Balaban J connectivity index is 2.08. The van der Waals surface area contributed by atoms with E-state index in [1.54, 1.807) is 24.3 Å². The zero-order valence-corrected chi connectivity index (χ0v) is 15.2. The van der Waals surface area contributed by atoms with Crippen molar-refractivity contribution in [2.24, 2.45) is 0 Å². The molecule has 0 bridgehead atoms. The van der Waals surface area contributed by atoms with Gasteiger partial charge in [-0.05, 0) is 23.8 Å². The molecule has 0 aromatic heterocycles. The van der Waals surface area contributed by atoms with Crippen molar-refractivity contribution in [3.05, 3.63) is 58.6 Å². The second kappa shape index (κ2) is 9.08. The van der Waals surface area contributed by atoms with Gasteiger partial charge in [-0.3, -0.25) is 9.59 Å². The zero-order valence-electron chi connectivity index (χ0n) is 13.6. The van der Waals surface area contributed by atoms with E-state index in [0.717, 1.165) is 10.0 Å². The van der Waals surface area contributed by atoms with Gasteiger partial charge in [-0.1, -0.05) is 46.3 Å². The van der Waals surface area contributed by atoms with Gasteiger partial charge in [0.15, 0.2) is 18.1 Å². The first kappa shape index (κ1) is 18.8. The summed E-state index contributed by atoms with van der Waals surface area (Å²) < 4.78 is 11.5. The molecule has 6 nitrogen and oxygen atoms in total. The normalized spacial score (nSPS) is 10.2. The Labute approximate surface area is 154 Å². The van der Waals surface area contributed by atoms with Crippen LogP contribution in [0.2, 0.25) is 0 Å². The summed E-state index contributed by atoms with van der Waals surface area (Å²) >= 11 is 3.40. The summed E-state index contributed by atoms with van der Waals surface area (Å²) in [6.45, 7) is -0.518. The molecule has 0 aliphatic carbocycles. The Hall–Kier alpha value is -2.54. The number of para-hydroxylation sites is 2. The fourth-order valence-electron chi connectivity index (χ4n) is 2.20. The van der Waals surface area contributed by atoms with Crippen LogP contribution in [0.1, 0.15) is 5.56 Å². The SMILES string of the molecule is COc1ccccc1OCC(=O)N(CC(=O)O)Cc1ccccc1Br. The van der Waals surface area contributed by atoms with E-state index in [1.165, 1.54) is 12.0 Å². The van der Waals surface area contributed by atoms with Crippen LogP contribution in [0.4, 0.5) is 0 Å². The Bertz CT molecular complexity index is 750. The zero-order chi connectivity index (χ0) is 18.2. The van der Waals surface area contributed by atoms with Gasteiger partial charge < -0.3 is 19.5 Å². The molecular weight excluding hydrogens is 390 g/mol. The van der Waals surface area contributed by atoms with Gasteiger partial charge in [-0.25, -0.2) is 0 Å². The lowest BCUT2D eigenvalue weighted by atomic mass is 10.2. The van der Waals surface area contributed by atoms with Crippen LogP contribution >= 0.6 is 15.9 Å². The summed E-state index contributed by atoms with van der Waals surface area (Å²) in [6, 6.07) is 14.3. The number of carbonyl (C=O) groups is 2. The van der Waals surface area contributed by atoms with E-state index in [-0.39, 0.29) is 13.2 Å². The highest BCUT2D eigenvalue weighted by Crippen LogP contribution is 2.25. The highest BCUT2D eigenvalue weighted by Gasteiger charge is 2.19. The third kappa shape index (κ3) is 5.49. The van der Waals surface area contributed by atoms with E-state index < -0.39 is 18.4 Å². The largest absolute Gasteiger partial charge is 0.493 e. The minimum absolute atomic E-state index is 0.168. The molecule has 1 amide bonds. The number of benzene rings is 2. The van der Waals surface area contributed by atoms with E-state index in [2.05, 4.69) is 15.9 Å². The molecule has 0 radical (unpaired) electrons. The number of nitrogens with zero attached hydrogens (tertiary/aromatic N) is 1. The molecular formula is C18H18BrNO5. The summed E-state index contributed by atoms with van der Waals surface area (Å²) in [4.78, 5) is 24.8. The quantitative estimate of drug-likeness (QED) is 0.727. The van der Waals surface area contributed by atoms with Crippen molar-refractivity contribution in [3.8, 4) is 11.5 Å². The number of hydrogen-bond acceptors (Lipinski definition) is 4. The number of carboxylic acids is 1. The average Bonchev–Trinajstić information content (AvgIpc) is 2.60. The van der Waals surface area contributed by atoms with Gasteiger partial charge in [0, 0.05) is 11.0 Å². The molecule has 0 heterocycles. The van der Waals surface area contributed by atoms with E-state index in [4.69, 9.17) is 14.6 Å². The summed E-state index contributed by atoms with van der Waals surface area (Å²) in [5, 5.41) is 9.08. The lowest BCUT2D eigenvalue weighted by molar-refractivity contribution is -0.145. The highest BCUT2D eigenvalue weighted by molar-refractivity contribution is 9.10. The minimum atomic E-state index is -1.09. The first-order valence-corrected chi connectivity index (χ1v) is 8.29. The number of rotatable bonds is 8. The summed E-state index contributed by atoms with van der Waals surface area (Å²) in [5.41, 5.74) is 0.814. The van der Waals surface area contributed by atoms with Crippen molar-refractivity contribution < 1.29 is 24.2 Å². The van der Waals surface area contributed by atoms with E-state index in [0.29, 0.717) is 11.5 Å². The number of amides is 1. The molecule has 0 atom stereocenters. The third-order valence-corrected chi connectivity index (χ3v) is 4.19. The van der Waals surface area contributed by atoms with Crippen molar-refractivity contribution in [1.82, 2.24) is 4.90 Å². The van der Waals surface area contributed by atoms with E-state index in [9.17, 15) is 9.59 Å². The summed E-state index contributed by atoms with van der Waals surface area (Å²) in [6.07, 6.45) is 0. The minimum Gasteiger partial charge on any atom is -0.493 e. The monoisotopic (exact) mass is 407 g/mol. The molecule has 0 spiro atoms. The molecule has 2 rings (SSSR count). The number of hydrogen-bond donors (Lipinski definition) is 1. The first-order chi connectivity index (χ1) is 12.0. The van der Waals surface area contributed by atoms with Crippen LogP contribution in [0, 0.1) is 0 Å². The van der Waals surface area contributed by atoms with Gasteiger partial charge in [0.25, 0.3) is 5.91 Å². The molecule has 25 heavy (non-hydrogen) atoms. The van der Waals surface area contributed by atoms with Crippen LogP contribution in [0.5, 0.6) is 11.5 Å². The number of carboxylic acid groups (broad SMARTS) is 1. The van der Waals surface area contributed by atoms with Gasteiger partial charge in [0.1, 0.15) is 6.54 Å². The van der Waals surface area contributed by atoms with Crippen LogP contribution in [0.25, 0.3) is 0 Å². The van der Waals surface area contributed by atoms with Gasteiger partial charge in [0.2, 0.25) is 0 Å². The highest BCUT2D eigenvalue weighted by atomic mass is 79.9. The second-order valence-corrected chi connectivity index (χ2v) is 6.03. The van der Waals surface area contributed by atoms with Gasteiger partial charge in [-0.15, -0.1) is 0 Å². The number of halogens is 1. The maximum atomic E-state index is 12.4. The van der Waals surface area contributed by atoms with Crippen LogP contribution in [0.15, 0.2) is 53.0 Å². The maximum Gasteiger partial charge on any atom is 0.323 e. The second-order valence-electron chi connectivity index (χ2n) is 5.17. The molecule has 132 valence electrons. The van der Waals surface area contributed by atoms with E-state index in [1.807, 2.05) is 24.3 Å². The van der Waals surface area contributed by atoms with Crippen LogP contribution in [0.3, 0.4) is 0 Å². The molecule has 0 aliphatic rings. The van der Waals surface area contributed by atoms with Crippen LogP contribution in [-0.4, -0.2) is 42.1 Å².